The van der Waals surface area contributed by atoms with E-state index in [1.54, 1.807) is 0 Å². The van der Waals surface area contributed by atoms with E-state index in [2.05, 4.69) is 21.3 Å². The lowest BCUT2D eigenvalue weighted by atomic mass is 10.0. The van der Waals surface area contributed by atoms with Gasteiger partial charge in [0.05, 0.1) is 6.61 Å². The maximum absolute atomic E-state index is 14.0. The number of carbonyl (C=O) groups excluding carboxylic acids is 5. The number of rotatable bonds is 48. The summed E-state index contributed by atoms with van der Waals surface area (Å²) in [5.41, 5.74) is 28.7. The molecule has 5 atom stereocenters. The Morgan fingerprint density at radius 3 is 1.00 bits per heavy atom. The SMILES string of the molecule is CC(CCCCN)C(=O)NC(CCCCN)C(=O)NC(CCCCN)C(=O)NC(CCCCN)C(=O)NC(CCCCN)C(=O)OCCCCCCCCCCCCCCCCCCC(=O)O. The van der Waals surface area contributed by atoms with E-state index in [4.69, 9.17) is 38.5 Å². The van der Waals surface area contributed by atoms with Gasteiger partial charge in [0.2, 0.25) is 23.6 Å². The standard InChI is InChI=1S/C50H99N9O8/c1-40(28-17-22-34-51)46(62)56-41(29-18-23-35-52)47(63)57-42(30-19-24-36-53)48(64)58-43(31-20-25-37-54)49(65)59-44(32-21-26-38-55)50(66)67-39-27-15-13-11-9-7-5-3-2-4-6-8-10-12-14-16-33-45(60)61/h40-44H,2-39,51-55H2,1H3,(H,56,62)(H,57,63)(H,58,64)(H,59,65)(H,60,61). The molecule has 0 heterocycles. The van der Waals surface area contributed by atoms with E-state index in [-0.39, 0.29) is 37.7 Å². The van der Waals surface area contributed by atoms with E-state index in [1.807, 2.05) is 6.92 Å². The number of ether oxygens (including phenoxy) is 1. The molecule has 0 bridgehead atoms. The number of carbonyl (C=O) groups is 6. The Balaban J connectivity index is 5.32. The van der Waals surface area contributed by atoms with Gasteiger partial charge in [-0.3, -0.25) is 24.0 Å². The topological polar surface area (TPSA) is 310 Å². The molecule has 0 aromatic rings. The summed E-state index contributed by atoms with van der Waals surface area (Å²) < 4.78 is 5.68. The zero-order valence-electron chi connectivity index (χ0n) is 41.9. The average molecular weight is 954 g/mol. The molecule has 0 aliphatic rings. The van der Waals surface area contributed by atoms with Crippen LogP contribution >= 0.6 is 0 Å². The lowest BCUT2D eigenvalue weighted by Crippen LogP contribution is -2.58. The number of hydrogen-bond acceptors (Lipinski definition) is 12. The summed E-state index contributed by atoms with van der Waals surface area (Å²) in [5, 5.41) is 20.2. The van der Waals surface area contributed by atoms with Gasteiger partial charge in [0.25, 0.3) is 0 Å². The molecule has 0 aliphatic heterocycles. The first-order valence-electron chi connectivity index (χ1n) is 26.6. The van der Waals surface area contributed by atoms with Crippen LogP contribution in [0.3, 0.4) is 0 Å². The number of unbranched alkanes of at least 4 members (excludes halogenated alkanes) is 20. The van der Waals surface area contributed by atoms with Crippen LogP contribution in [-0.2, 0) is 33.5 Å². The fraction of sp³-hybridized carbons (Fsp3) is 0.880. The normalized spacial score (nSPS) is 13.5. The van der Waals surface area contributed by atoms with Crippen LogP contribution < -0.4 is 49.9 Å². The Hall–Kier alpha value is -3.38. The molecule has 0 aromatic carbocycles. The largest absolute Gasteiger partial charge is 0.481 e. The van der Waals surface area contributed by atoms with Crippen molar-refractivity contribution >= 4 is 35.6 Å². The summed E-state index contributed by atoms with van der Waals surface area (Å²) in [4.78, 5) is 78.9. The monoisotopic (exact) mass is 954 g/mol. The summed E-state index contributed by atoms with van der Waals surface area (Å²) in [7, 11) is 0. The molecular formula is C50H99N9O8. The molecule has 0 spiro atoms. The van der Waals surface area contributed by atoms with Crippen LogP contribution in [0.25, 0.3) is 0 Å². The first-order chi connectivity index (χ1) is 32.4. The van der Waals surface area contributed by atoms with Crippen molar-refractivity contribution in [1.29, 1.82) is 0 Å². The molecule has 4 amide bonds. The molecule has 0 radical (unpaired) electrons. The van der Waals surface area contributed by atoms with Gasteiger partial charge >= 0.3 is 11.9 Å². The number of carboxylic acids is 1. The minimum Gasteiger partial charge on any atom is -0.481 e. The number of nitrogens with two attached hydrogens (primary N) is 5. The first-order valence-corrected chi connectivity index (χ1v) is 26.6. The fourth-order valence-corrected chi connectivity index (χ4v) is 8.01. The van der Waals surface area contributed by atoms with Gasteiger partial charge in [-0.25, -0.2) is 4.79 Å². The molecule has 17 heteroatoms. The van der Waals surface area contributed by atoms with Gasteiger partial charge in [0.1, 0.15) is 24.2 Å². The summed E-state index contributed by atoms with van der Waals surface area (Å²) in [6, 6.07) is -3.81. The van der Waals surface area contributed by atoms with E-state index in [1.165, 1.54) is 57.8 Å². The molecule has 15 N–H and O–H groups in total. The van der Waals surface area contributed by atoms with Crippen molar-refractivity contribution in [3.05, 3.63) is 0 Å². The molecule has 17 nitrogen and oxygen atoms in total. The summed E-state index contributed by atoms with van der Waals surface area (Å²) >= 11 is 0. The highest BCUT2D eigenvalue weighted by molar-refractivity contribution is 5.95. The van der Waals surface area contributed by atoms with E-state index in [9.17, 15) is 28.8 Å². The number of amides is 4. The predicted octanol–water partition coefficient (Wildman–Crippen LogP) is 5.47. The van der Waals surface area contributed by atoms with Gasteiger partial charge < -0.3 is 59.8 Å². The van der Waals surface area contributed by atoms with E-state index in [0.29, 0.717) is 103 Å². The zero-order chi connectivity index (χ0) is 49.8. The number of aliphatic carboxylic acids is 1. The van der Waals surface area contributed by atoms with Gasteiger partial charge in [0, 0.05) is 12.3 Å². The molecule has 67 heavy (non-hydrogen) atoms. The second kappa shape index (κ2) is 45.1. The van der Waals surface area contributed by atoms with Crippen LogP contribution in [0, 0.1) is 5.92 Å². The second-order valence-corrected chi connectivity index (χ2v) is 18.5. The van der Waals surface area contributed by atoms with Crippen molar-refractivity contribution in [2.45, 2.75) is 237 Å². The Morgan fingerprint density at radius 1 is 0.373 bits per heavy atom. The minimum atomic E-state index is -1.01. The lowest BCUT2D eigenvalue weighted by Gasteiger charge is -2.27. The number of carboxylic acid groups (broad SMARTS) is 1. The van der Waals surface area contributed by atoms with Gasteiger partial charge in [-0.1, -0.05) is 103 Å². The third-order valence-electron chi connectivity index (χ3n) is 12.4. The molecule has 0 saturated carbocycles. The van der Waals surface area contributed by atoms with Crippen LogP contribution in [0.1, 0.15) is 212 Å². The summed E-state index contributed by atoms with van der Waals surface area (Å²) in [6.45, 7) is 4.29. The molecule has 0 saturated heterocycles. The first kappa shape index (κ1) is 63.6. The molecule has 0 fully saturated rings. The molecule has 0 aliphatic carbocycles. The predicted molar refractivity (Wildman–Crippen MR) is 268 cm³/mol. The summed E-state index contributed by atoms with van der Waals surface area (Å²) in [6.07, 6.45) is 26.6. The van der Waals surface area contributed by atoms with E-state index < -0.39 is 53.8 Å². The molecule has 0 aromatic heterocycles. The molecule has 0 rings (SSSR count). The van der Waals surface area contributed by atoms with Gasteiger partial charge in [-0.2, -0.15) is 0 Å². The fourth-order valence-electron chi connectivity index (χ4n) is 8.01. The second-order valence-electron chi connectivity index (χ2n) is 18.5. The number of hydrogen-bond donors (Lipinski definition) is 10. The Kier molecular flexibility index (Phi) is 42.8. The number of esters is 1. The van der Waals surface area contributed by atoms with Crippen molar-refractivity contribution in [3.63, 3.8) is 0 Å². The van der Waals surface area contributed by atoms with Crippen molar-refractivity contribution in [3.8, 4) is 0 Å². The van der Waals surface area contributed by atoms with Crippen molar-refractivity contribution in [2.75, 3.05) is 39.3 Å². The average Bonchev–Trinajstić information content (AvgIpc) is 3.30. The Labute approximate surface area is 404 Å². The van der Waals surface area contributed by atoms with E-state index in [0.717, 1.165) is 57.8 Å². The summed E-state index contributed by atoms with van der Waals surface area (Å²) in [5.74, 6) is -3.36. The van der Waals surface area contributed by atoms with Gasteiger partial charge in [-0.05, 0) is 135 Å². The maximum Gasteiger partial charge on any atom is 0.328 e. The van der Waals surface area contributed by atoms with Crippen LogP contribution in [0.15, 0.2) is 0 Å². The highest BCUT2D eigenvalue weighted by atomic mass is 16.5. The van der Waals surface area contributed by atoms with Crippen molar-refractivity contribution in [2.24, 2.45) is 34.6 Å². The van der Waals surface area contributed by atoms with Crippen molar-refractivity contribution in [1.82, 2.24) is 21.3 Å². The smallest absolute Gasteiger partial charge is 0.328 e. The third kappa shape index (κ3) is 36.3. The van der Waals surface area contributed by atoms with Crippen LogP contribution in [0.2, 0.25) is 0 Å². The molecular weight excluding hydrogens is 855 g/mol. The van der Waals surface area contributed by atoms with Crippen LogP contribution in [0.4, 0.5) is 0 Å². The number of nitrogens with one attached hydrogen (secondary N) is 4. The lowest BCUT2D eigenvalue weighted by molar-refractivity contribution is -0.148. The maximum atomic E-state index is 14.0. The van der Waals surface area contributed by atoms with Crippen LogP contribution in [0.5, 0.6) is 0 Å². The Morgan fingerprint density at radius 2 is 0.657 bits per heavy atom. The Bertz CT molecular complexity index is 1280. The van der Waals surface area contributed by atoms with Gasteiger partial charge in [0.15, 0.2) is 0 Å². The zero-order valence-corrected chi connectivity index (χ0v) is 41.9. The molecule has 392 valence electrons. The minimum absolute atomic E-state index is 0.248. The van der Waals surface area contributed by atoms with Crippen molar-refractivity contribution < 1.29 is 38.6 Å². The third-order valence-corrected chi connectivity index (χ3v) is 12.4. The quantitative estimate of drug-likeness (QED) is 0.0268. The van der Waals surface area contributed by atoms with E-state index >= 15 is 0 Å². The molecule has 5 unspecified atom stereocenters. The highest BCUT2D eigenvalue weighted by Crippen LogP contribution is 2.16. The van der Waals surface area contributed by atoms with Gasteiger partial charge in [-0.15, -0.1) is 0 Å². The van der Waals surface area contributed by atoms with Crippen LogP contribution in [-0.4, -0.2) is 104 Å². The highest BCUT2D eigenvalue weighted by Gasteiger charge is 2.32.